The maximum Gasteiger partial charge on any atom is 0.321 e. The number of carbonyl (C=O) groups is 2. The van der Waals surface area contributed by atoms with E-state index in [0.717, 1.165) is 76.9 Å². The molecule has 1 heterocycles. The van der Waals surface area contributed by atoms with E-state index in [-0.39, 0.29) is 18.4 Å². The molecule has 0 saturated carbocycles. The first kappa shape index (κ1) is 30.4. The molecule has 9 heteroatoms. The van der Waals surface area contributed by atoms with Crippen LogP contribution in [0.2, 0.25) is 0 Å². The monoisotopic (exact) mass is 541 g/mol. The second-order valence-corrected chi connectivity index (χ2v) is 9.93. The van der Waals surface area contributed by atoms with E-state index in [4.69, 9.17) is 9.47 Å². The van der Waals surface area contributed by atoms with E-state index in [1.54, 1.807) is 17.0 Å². The predicted octanol–water partition coefficient (Wildman–Crippen LogP) is 4.21. The fourth-order valence-electron chi connectivity index (χ4n) is 4.51. The summed E-state index contributed by atoms with van der Waals surface area (Å²) in [5, 5.41) is 26.4. The Hall–Kier alpha value is -3.14. The van der Waals surface area contributed by atoms with Gasteiger partial charge in [-0.3, -0.25) is 9.69 Å². The molecule has 2 amide bonds. The maximum atomic E-state index is 11.9. The molecule has 1 aliphatic heterocycles. The van der Waals surface area contributed by atoms with Gasteiger partial charge in [0.25, 0.3) is 0 Å². The summed E-state index contributed by atoms with van der Waals surface area (Å²) < 4.78 is 10.7. The number of amides is 2. The summed E-state index contributed by atoms with van der Waals surface area (Å²) in [6.07, 6.45) is 6.64. The number of aliphatic hydroxyl groups is 1. The van der Waals surface area contributed by atoms with E-state index >= 15 is 0 Å². The van der Waals surface area contributed by atoms with Crippen molar-refractivity contribution in [2.45, 2.75) is 64.6 Å². The van der Waals surface area contributed by atoms with Crippen LogP contribution in [0.15, 0.2) is 42.5 Å². The summed E-state index contributed by atoms with van der Waals surface area (Å²) >= 11 is 0. The van der Waals surface area contributed by atoms with Crippen LogP contribution in [0.25, 0.3) is 0 Å². The van der Waals surface area contributed by atoms with Gasteiger partial charge in [0.1, 0.15) is 12.4 Å². The smallest absolute Gasteiger partial charge is 0.321 e. The molecule has 0 unspecified atom stereocenters. The van der Waals surface area contributed by atoms with Crippen LogP contribution >= 0.6 is 0 Å². The van der Waals surface area contributed by atoms with Crippen LogP contribution in [0.1, 0.15) is 68.2 Å². The molecule has 2 aromatic carbocycles. The Bertz CT molecular complexity index is 1050. The number of carbonyl (C=O) groups excluding carboxylic acids is 2. The zero-order valence-electron chi connectivity index (χ0n) is 23.0. The fourth-order valence-corrected chi connectivity index (χ4v) is 4.51. The summed E-state index contributed by atoms with van der Waals surface area (Å²) in [6.45, 7) is 5.50. The van der Waals surface area contributed by atoms with E-state index in [2.05, 4.69) is 22.8 Å². The maximum absolute atomic E-state index is 11.9. The van der Waals surface area contributed by atoms with Gasteiger partial charge in [-0.1, -0.05) is 31.0 Å². The van der Waals surface area contributed by atoms with Gasteiger partial charge in [0.2, 0.25) is 0 Å². The highest BCUT2D eigenvalue weighted by atomic mass is 16.5. The minimum absolute atomic E-state index is 0.0187. The van der Waals surface area contributed by atoms with Gasteiger partial charge in [-0.05, 0) is 74.0 Å². The number of anilines is 1. The topological polar surface area (TPSA) is 120 Å². The molecule has 3 rings (SSSR count). The highest BCUT2D eigenvalue weighted by Crippen LogP contribution is 2.23. The largest absolute Gasteiger partial charge is 0.508 e. The Morgan fingerprint density at radius 1 is 1.08 bits per heavy atom. The number of aliphatic hydroxyl groups excluding tert-OH is 1. The zero-order valence-corrected chi connectivity index (χ0v) is 23.0. The van der Waals surface area contributed by atoms with Gasteiger partial charge in [-0.2, -0.15) is 0 Å². The number of hydrogen-bond acceptors (Lipinski definition) is 7. The summed E-state index contributed by atoms with van der Waals surface area (Å²) in [5.74, 6) is -0.376. The van der Waals surface area contributed by atoms with E-state index < -0.39 is 12.1 Å². The first-order valence-corrected chi connectivity index (χ1v) is 14.0. The third-order valence-corrected chi connectivity index (χ3v) is 6.73. The molecule has 1 atom stereocenters. The second kappa shape index (κ2) is 16.7. The number of ether oxygens (including phenoxy) is 2. The van der Waals surface area contributed by atoms with Crippen LogP contribution in [0.4, 0.5) is 10.5 Å². The van der Waals surface area contributed by atoms with Crippen molar-refractivity contribution in [3.05, 3.63) is 59.2 Å². The SMILES string of the molecule is CC(=O)OCc1cc([C@@H](O)CNCCCCCCOCCCCc2cccc(N3CCNC3=O)c2)ccc1O. The first-order valence-electron chi connectivity index (χ1n) is 14.0. The Labute approximate surface area is 231 Å². The third-order valence-electron chi connectivity index (χ3n) is 6.73. The van der Waals surface area contributed by atoms with Crippen LogP contribution in [0, 0.1) is 0 Å². The minimum atomic E-state index is -0.703. The molecule has 214 valence electrons. The van der Waals surface area contributed by atoms with E-state index in [1.807, 2.05) is 12.1 Å². The summed E-state index contributed by atoms with van der Waals surface area (Å²) in [6, 6.07) is 13.1. The quantitative estimate of drug-likeness (QED) is 0.165. The lowest BCUT2D eigenvalue weighted by molar-refractivity contribution is -0.142. The number of unbranched alkanes of at least 4 members (excludes halogenated alkanes) is 4. The third kappa shape index (κ3) is 10.9. The van der Waals surface area contributed by atoms with Crippen LogP contribution in [0.5, 0.6) is 5.75 Å². The van der Waals surface area contributed by atoms with Crippen molar-refractivity contribution in [1.29, 1.82) is 0 Å². The molecule has 4 N–H and O–H groups in total. The standard InChI is InChI=1S/C30H43N3O6/c1-23(34)39-22-26-20-25(12-13-28(26)35)29(36)21-31-14-5-2-3-6-17-38-18-7-4-9-24-10-8-11-27(19-24)33-16-15-32-30(33)37/h8,10-13,19-20,29,31,35-36H,2-7,9,14-18,21-22H2,1H3,(H,32,37)/t29-/m0/s1. The number of hydrogen-bond donors (Lipinski definition) is 4. The Morgan fingerprint density at radius 2 is 1.87 bits per heavy atom. The molecule has 9 nitrogen and oxygen atoms in total. The lowest BCUT2D eigenvalue weighted by Crippen LogP contribution is -2.27. The molecule has 0 aromatic heterocycles. The van der Waals surface area contributed by atoms with Gasteiger partial charge in [0.05, 0.1) is 6.10 Å². The molecule has 0 spiro atoms. The van der Waals surface area contributed by atoms with Gasteiger partial charge >= 0.3 is 12.0 Å². The predicted molar refractivity (Wildman–Crippen MR) is 151 cm³/mol. The lowest BCUT2D eigenvalue weighted by Gasteiger charge is -2.15. The van der Waals surface area contributed by atoms with Crippen molar-refractivity contribution in [3.8, 4) is 5.75 Å². The van der Waals surface area contributed by atoms with E-state index in [9.17, 15) is 19.8 Å². The number of aryl methyl sites for hydroxylation is 1. The van der Waals surface area contributed by atoms with Crippen molar-refractivity contribution < 1.29 is 29.3 Å². The summed E-state index contributed by atoms with van der Waals surface area (Å²) in [5.41, 5.74) is 3.36. The van der Waals surface area contributed by atoms with Crippen molar-refractivity contribution in [2.75, 3.05) is 44.3 Å². The highest BCUT2D eigenvalue weighted by molar-refractivity contribution is 5.94. The number of aromatic hydroxyl groups is 1. The van der Waals surface area contributed by atoms with Crippen molar-refractivity contribution in [2.24, 2.45) is 0 Å². The molecule has 0 radical (unpaired) electrons. The van der Waals surface area contributed by atoms with Gasteiger partial charge in [0.15, 0.2) is 0 Å². The van der Waals surface area contributed by atoms with E-state index in [1.165, 1.54) is 18.6 Å². The highest BCUT2D eigenvalue weighted by Gasteiger charge is 2.21. The molecular weight excluding hydrogens is 498 g/mol. The summed E-state index contributed by atoms with van der Waals surface area (Å²) in [7, 11) is 0. The van der Waals surface area contributed by atoms with Gasteiger partial charge in [-0.25, -0.2) is 4.79 Å². The van der Waals surface area contributed by atoms with Crippen molar-refractivity contribution in [1.82, 2.24) is 10.6 Å². The van der Waals surface area contributed by atoms with Gasteiger partial charge in [-0.15, -0.1) is 0 Å². The lowest BCUT2D eigenvalue weighted by atomic mass is 10.1. The normalized spacial score (nSPS) is 13.9. The average molecular weight is 542 g/mol. The zero-order chi connectivity index (χ0) is 27.9. The van der Waals surface area contributed by atoms with Gasteiger partial charge in [0, 0.05) is 51.0 Å². The molecule has 0 bridgehead atoms. The Morgan fingerprint density at radius 3 is 2.64 bits per heavy atom. The number of benzene rings is 2. The summed E-state index contributed by atoms with van der Waals surface area (Å²) in [4.78, 5) is 24.6. The molecule has 2 aromatic rings. The Kier molecular flexibility index (Phi) is 13.1. The average Bonchev–Trinajstić information content (AvgIpc) is 3.36. The van der Waals surface area contributed by atoms with Crippen molar-refractivity contribution in [3.63, 3.8) is 0 Å². The number of nitrogens with one attached hydrogen (secondary N) is 2. The van der Waals surface area contributed by atoms with Crippen LogP contribution in [-0.4, -0.2) is 61.6 Å². The Balaban J connectivity index is 1.16. The van der Waals surface area contributed by atoms with Crippen LogP contribution in [-0.2, 0) is 27.3 Å². The molecular formula is C30H43N3O6. The van der Waals surface area contributed by atoms with Crippen molar-refractivity contribution >= 4 is 17.7 Å². The van der Waals surface area contributed by atoms with E-state index in [0.29, 0.717) is 24.2 Å². The number of esters is 1. The number of urea groups is 1. The molecule has 1 saturated heterocycles. The number of rotatable bonds is 18. The van der Waals surface area contributed by atoms with Gasteiger partial charge < -0.3 is 30.3 Å². The number of nitrogens with zero attached hydrogens (tertiary/aromatic N) is 1. The minimum Gasteiger partial charge on any atom is -0.508 e. The first-order chi connectivity index (χ1) is 18.9. The molecule has 1 fully saturated rings. The molecule has 39 heavy (non-hydrogen) atoms. The molecule has 0 aliphatic carbocycles. The second-order valence-electron chi connectivity index (χ2n) is 9.93. The number of phenolic OH excluding ortho intramolecular Hbond substituents is 1. The fraction of sp³-hybridized carbons (Fsp3) is 0.533. The van der Waals surface area contributed by atoms with Crippen LogP contribution in [0.3, 0.4) is 0 Å². The van der Waals surface area contributed by atoms with Crippen LogP contribution < -0.4 is 15.5 Å². The molecule has 1 aliphatic rings. The number of phenols is 1.